The number of nitrogens with one attached hydrogen (secondary N) is 1. The summed E-state index contributed by atoms with van der Waals surface area (Å²) >= 11 is 0. The second-order valence-corrected chi connectivity index (χ2v) is 3.88. The Morgan fingerprint density at radius 1 is 0.833 bits per heavy atom. The van der Waals surface area contributed by atoms with Gasteiger partial charge in [0.1, 0.15) is 0 Å². The van der Waals surface area contributed by atoms with Gasteiger partial charge in [0.15, 0.2) is 0 Å². The van der Waals surface area contributed by atoms with Crippen molar-refractivity contribution in [2.24, 2.45) is 4.99 Å². The fourth-order valence-electron chi connectivity index (χ4n) is 1.97. The molecule has 1 aliphatic heterocycles. The molecule has 0 radical (unpaired) electrons. The number of benzene rings is 2. The molecule has 0 saturated heterocycles. The zero-order valence-electron chi connectivity index (χ0n) is 11.1. The van der Waals surface area contributed by atoms with Crippen molar-refractivity contribution in [3.8, 4) is 0 Å². The highest BCUT2D eigenvalue weighted by atomic mass is 14.9. The largest absolute Gasteiger partial charge is 0.353 e. The van der Waals surface area contributed by atoms with Crippen LogP contribution in [0.25, 0.3) is 0 Å². The van der Waals surface area contributed by atoms with Gasteiger partial charge in [0.05, 0.1) is 11.4 Å². The number of hydrogen-bond acceptors (Lipinski definition) is 2. The molecule has 0 fully saturated rings. The van der Waals surface area contributed by atoms with Gasteiger partial charge in [-0.3, -0.25) is 4.99 Å². The summed E-state index contributed by atoms with van der Waals surface area (Å²) in [7, 11) is 0. The van der Waals surface area contributed by atoms with E-state index >= 15 is 0 Å². The fraction of sp³-hybridized carbons (Fsp3) is 0.188. The van der Waals surface area contributed by atoms with Crippen LogP contribution in [0, 0.1) is 0 Å². The number of anilines is 2. The van der Waals surface area contributed by atoms with Gasteiger partial charge in [-0.1, -0.05) is 44.2 Å². The maximum absolute atomic E-state index is 4.64. The Hall–Kier alpha value is -2.09. The van der Waals surface area contributed by atoms with Gasteiger partial charge in [-0.15, -0.1) is 0 Å². The van der Waals surface area contributed by atoms with Crippen LogP contribution in [0.2, 0.25) is 0 Å². The summed E-state index contributed by atoms with van der Waals surface area (Å²) in [5.74, 6) is 0. The lowest BCUT2D eigenvalue weighted by Crippen LogP contribution is -1.97. The maximum atomic E-state index is 4.64. The Morgan fingerprint density at radius 3 is 2.22 bits per heavy atom. The summed E-state index contributed by atoms with van der Waals surface area (Å²) < 4.78 is 0. The van der Waals surface area contributed by atoms with Crippen molar-refractivity contribution in [2.75, 3.05) is 5.32 Å². The molecule has 0 atom stereocenters. The molecule has 0 amide bonds. The van der Waals surface area contributed by atoms with E-state index < -0.39 is 0 Å². The molecule has 92 valence electrons. The van der Waals surface area contributed by atoms with E-state index in [0.29, 0.717) is 0 Å². The maximum Gasteiger partial charge on any atom is 0.0867 e. The van der Waals surface area contributed by atoms with E-state index in [1.54, 1.807) is 0 Å². The quantitative estimate of drug-likeness (QED) is 0.692. The summed E-state index contributed by atoms with van der Waals surface area (Å²) in [5.41, 5.74) is 5.39. The van der Waals surface area contributed by atoms with Crippen molar-refractivity contribution < 1.29 is 0 Å². The molecule has 18 heavy (non-hydrogen) atoms. The molecule has 1 heterocycles. The number of para-hydroxylation sites is 3. The summed E-state index contributed by atoms with van der Waals surface area (Å²) in [5, 5.41) is 3.42. The molecule has 2 aromatic rings. The molecule has 0 aliphatic carbocycles. The first-order valence-electron chi connectivity index (χ1n) is 6.35. The molecule has 0 spiro atoms. The van der Waals surface area contributed by atoms with E-state index in [1.807, 2.05) is 57.2 Å². The number of nitrogens with zero attached hydrogens (tertiary/aromatic N) is 1. The van der Waals surface area contributed by atoms with Crippen molar-refractivity contribution in [1.82, 2.24) is 0 Å². The first-order valence-corrected chi connectivity index (χ1v) is 6.35. The summed E-state index contributed by atoms with van der Waals surface area (Å²) in [6.45, 7) is 6.04. The third-order valence-electron chi connectivity index (χ3n) is 2.78. The lowest BCUT2D eigenvalue weighted by Gasteiger charge is -2.08. The van der Waals surface area contributed by atoms with Gasteiger partial charge in [-0.2, -0.15) is 0 Å². The molecule has 0 saturated carbocycles. The van der Waals surface area contributed by atoms with Crippen LogP contribution in [0.5, 0.6) is 0 Å². The predicted molar refractivity (Wildman–Crippen MR) is 79.4 cm³/mol. The minimum Gasteiger partial charge on any atom is -0.353 e. The van der Waals surface area contributed by atoms with Crippen LogP contribution in [0.15, 0.2) is 53.5 Å². The number of rotatable bonds is 0. The normalized spacial score (nSPS) is 11.8. The van der Waals surface area contributed by atoms with E-state index in [0.717, 1.165) is 22.8 Å². The van der Waals surface area contributed by atoms with Crippen LogP contribution >= 0.6 is 0 Å². The van der Waals surface area contributed by atoms with Crippen LogP contribution in [-0.4, -0.2) is 5.71 Å². The second kappa shape index (κ2) is 5.50. The van der Waals surface area contributed by atoms with E-state index in [1.165, 1.54) is 5.56 Å². The number of hydrogen-bond donors (Lipinski definition) is 1. The standard InChI is InChI=1S/C14H12N2.C2H6/c1-10-11-6-2-3-7-12(11)16-14-9-5-4-8-13(14)15-10;1-2/h2-9,16H,1H3;1-2H3. The van der Waals surface area contributed by atoms with Crippen LogP contribution in [0.4, 0.5) is 17.1 Å². The van der Waals surface area contributed by atoms with Gasteiger partial charge in [0.25, 0.3) is 0 Å². The first-order chi connectivity index (χ1) is 8.84. The third kappa shape index (κ3) is 2.28. The fourth-order valence-corrected chi connectivity index (χ4v) is 1.97. The zero-order valence-corrected chi connectivity index (χ0v) is 11.1. The zero-order chi connectivity index (χ0) is 13.0. The number of fused-ring (bicyclic) bond motifs is 2. The molecule has 1 aliphatic rings. The topological polar surface area (TPSA) is 24.4 Å². The molecule has 0 unspecified atom stereocenters. The Kier molecular flexibility index (Phi) is 3.78. The lowest BCUT2D eigenvalue weighted by atomic mass is 10.1. The Balaban J connectivity index is 0.000000574. The summed E-state index contributed by atoms with van der Waals surface area (Å²) in [4.78, 5) is 4.64. The Morgan fingerprint density at radius 2 is 1.44 bits per heavy atom. The van der Waals surface area contributed by atoms with Crippen LogP contribution in [0.1, 0.15) is 26.3 Å². The smallest absolute Gasteiger partial charge is 0.0867 e. The molecular weight excluding hydrogens is 220 g/mol. The van der Waals surface area contributed by atoms with Crippen LogP contribution in [0.3, 0.4) is 0 Å². The van der Waals surface area contributed by atoms with Gasteiger partial charge < -0.3 is 5.32 Å². The van der Waals surface area contributed by atoms with E-state index in [9.17, 15) is 0 Å². The van der Waals surface area contributed by atoms with Crippen LogP contribution in [-0.2, 0) is 0 Å². The highest BCUT2D eigenvalue weighted by molar-refractivity contribution is 6.07. The molecule has 1 N–H and O–H groups in total. The van der Waals surface area contributed by atoms with Gasteiger partial charge in [0.2, 0.25) is 0 Å². The van der Waals surface area contributed by atoms with Gasteiger partial charge in [-0.05, 0) is 25.1 Å². The van der Waals surface area contributed by atoms with Gasteiger partial charge in [-0.25, -0.2) is 0 Å². The van der Waals surface area contributed by atoms with Gasteiger partial charge >= 0.3 is 0 Å². The van der Waals surface area contributed by atoms with Crippen LogP contribution < -0.4 is 5.32 Å². The van der Waals surface area contributed by atoms with Gasteiger partial charge in [0, 0.05) is 17.0 Å². The minimum atomic E-state index is 0.996. The molecule has 0 bridgehead atoms. The first kappa shape index (κ1) is 12.4. The van der Waals surface area contributed by atoms with Crippen molar-refractivity contribution in [1.29, 1.82) is 0 Å². The summed E-state index contributed by atoms with van der Waals surface area (Å²) in [6, 6.07) is 16.3. The monoisotopic (exact) mass is 238 g/mol. The molecule has 2 heteroatoms. The third-order valence-corrected chi connectivity index (χ3v) is 2.78. The molecule has 0 aromatic heterocycles. The minimum absolute atomic E-state index is 0.996. The molecule has 3 rings (SSSR count). The average Bonchev–Trinajstić information content (AvgIpc) is 2.57. The SMILES string of the molecule is CC.CC1=Nc2ccccc2Nc2ccccc21. The molecular formula is C16H18N2. The summed E-state index contributed by atoms with van der Waals surface area (Å²) in [6.07, 6.45) is 0. The average molecular weight is 238 g/mol. The lowest BCUT2D eigenvalue weighted by molar-refractivity contribution is 1.50. The van der Waals surface area contributed by atoms with E-state index in [-0.39, 0.29) is 0 Å². The van der Waals surface area contributed by atoms with Crippen molar-refractivity contribution in [3.63, 3.8) is 0 Å². The Bertz CT molecular complexity index is 571. The van der Waals surface area contributed by atoms with E-state index in [4.69, 9.17) is 0 Å². The molecule has 2 nitrogen and oxygen atoms in total. The second-order valence-electron chi connectivity index (χ2n) is 3.88. The van der Waals surface area contributed by atoms with Crippen molar-refractivity contribution >= 4 is 22.8 Å². The predicted octanol–water partition coefficient (Wildman–Crippen LogP) is 4.91. The molecule has 2 aromatic carbocycles. The highest BCUT2D eigenvalue weighted by Crippen LogP contribution is 2.33. The van der Waals surface area contributed by atoms with Crippen molar-refractivity contribution in [2.45, 2.75) is 20.8 Å². The van der Waals surface area contributed by atoms with E-state index in [2.05, 4.69) is 22.4 Å². The highest BCUT2D eigenvalue weighted by Gasteiger charge is 2.11. The number of aliphatic imine (C=N–C) groups is 1. The van der Waals surface area contributed by atoms with Crippen molar-refractivity contribution in [3.05, 3.63) is 54.1 Å². The Labute approximate surface area is 108 Å².